The Morgan fingerprint density at radius 1 is 0.900 bits per heavy atom. The van der Waals surface area contributed by atoms with Gasteiger partial charge in [0.25, 0.3) is 0 Å². The number of hydrogen-bond acceptors (Lipinski definition) is 4. The van der Waals surface area contributed by atoms with E-state index in [1.165, 1.54) is 36.7 Å². The van der Waals surface area contributed by atoms with Crippen LogP contribution in [0.5, 0.6) is 0 Å². The number of isocyanates is 2. The van der Waals surface area contributed by atoms with Crippen LogP contribution in [0.15, 0.2) is 34.5 Å². The summed E-state index contributed by atoms with van der Waals surface area (Å²) in [6, 6.07) is 0. The van der Waals surface area contributed by atoms with Gasteiger partial charge in [-0.05, 0) is 12.2 Å². The van der Waals surface area contributed by atoms with Gasteiger partial charge in [-0.3, -0.25) is 0 Å². The molecule has 0 fully saturated rings. The summed E-state index contributed by atoms with van der Waals surface area (Å²) in [5.41, 5.74) is 0. The zero-order chi connectivity index (χ0) is 7.66. The number of nitrogens with zero attached hydrogens (tertiary/aromatic N) is 2. The second-order valence-electron chi connectivity index (χ2n) is 1.12. The Hall–Kier alpha value is -1.76. The maximum absolute atomic E-state index is 9.44. The summed E-state index contributed by atoms with van der Waals surface area (Å²) in [4.78, 5) is 25.1. The molecule has 4 heteroatoms. The SMILES string of the molecule is O=C=NC=CC=CN=C=O. The first-order valence-electron chi connectivity index (χ1n) is 2.37. The number of aliphatic imine (C=N–C) groups is 2. The monoisotopic (exact) mass is 136 g/mol. The number of hydrogen-bond donors (Lipinski definition) is 0. The molecule has 0 spiro atoms. The van der Waals surface area contributed by atoms with Crippen LogP contribution in [0.1, 0.15) is 0 Å². The van der Waals surface area contributed by atoms with Crippen LogP contribution in [0.3, 0.4) is 0 Å². The van der Waals surface area contributed by atoms with E-state index in [9.17, 15) is 9.59 Å². The van der Waals surface area contributed by atoms with Gasteiger partial charge in [0.05, 0.1) is 0 Å². The molecule has 10 heavy (non-hydrogen) atoms. The zero-order valence-corrected chi connectivity index (χ0v) is 5.02. The highest BCUT2D eigenvalue weighted by molar-refractivity contribution is 5.35. The van der Waals surface area contributed by atoms with Crippen LogP contribution >= 0.6 is 0 Å². The van der Waals surface area contributed by atoms with Crippen LogP contribution in [0.25, 0.3) is 0 Å². The summed E-state index contributed by atoms with van der Waals surface area (Å²) in [6.45, 7) is 0. The van der Waals surface area contributed by atoms with E-state index in [1.807, 2.05) is 0 Å². The molecular formula is C6H4N2O2. The molecule has 0 bridgehead atoms. The van der Waals surface area contributed by atoms with Gasteiger partial charge in [0.15, 0.2) is 0 Å². The summed E-state index contributed by atoms with van der Waals surface area (Å²) >= 11 is 0. The van der Waals surface area contributed by atoms with Crippen LogP contribution in [-0.4, -0.2) is 12.2 Å². The van der Waals surface area contributed by atoms with Gasteiger partial charge in [0, 0.05) is 12.4 Å². The maximum Gasteiger partial charge on any atom is 0.239 e. The zero-order valence-electron chi connectivity index (χ0n) is 5.02. The molecule has 0 unspecified atom stereocenters. The van der Waals surface area contributed by atoms with Crippen molar-refractivity contribution in [1.82, 2.24) is 0 Å². The van der Waals surface area contributed by atoms with Gasteiger partial charge in [-0.2, -0.15) is 9.98 Å². The van der Waals surface area contributed by atoms with E-state index in [2.05, 4.69) is 9.98 Å². The van der Waals surface area contributed by atoms with Gasteiger partial charge in [-0.15, -0.1) is 0 Å². The van der Waals surface area contributed by atoms with Gasteiger partial charge in [0.1, 0.15) is 0 Å². The molecule has 0 amide bonds. The minimum atomic E-state index is 1.23. The first kappa shape index (κ1) is 8.24. The molecule has 0 aromatic carbocycles. The van der Waals surface area contributed by atoms with Crippen LogP contribution in [0.2, 0.25) is 0 Å². The predicted octanol–water partition coefficient (Wildman–Crippen LogP) is 0.685. The Morgan fingerprint density at radius 3 is 1.60 bits per heavy atom. The van der Waals surface area contributed by atoms with Gasteiger partial charge in [-0.1, -0.05) is 0 Å². The number of carbonyl (C=O) groups excluding carboxylic acids is 2. The summed E-state index contributed by atoms with van der Waals surface area (Å²) in [5, 5.41) is 0. The van der Waals surface area contributed by atoms with E-state index in [0.717, 1.165) is 0 Å². The molecule has 0 radical (unpaired) electrons. The lowest BCUT2D eigenvalue weighted by molar-refractivity contribution is 0.564. The van der Waals surface area contributed by atoms with Crippen LogP contribution in [0.4, 0.5) is 0 Å². The van der Waals surface area contributed by atoms with E-state index in [-0.39, 0.29) is 0 Å². The van der Waals surface area contributed by atoms with Crippen LogP contribution in [-0.2, 0) is 9.59 Å². The Kier molecular flexibility index (Phi) is 5.97. The van der Waals surface area contributed by atoms with E-state index in [0.29, 0.717) is 0 Å². The third-order valence-electron chi connectivity index (χ3n) is 0.538. The maximum atomic E-state index is 9.44. The fourth-order valence-electron chi connectivity index (χ4n) is 0.246. The van der Waals surface area contributed by atoms with Crippen molar-refractivity contribution in [3.63, 3.8) is 0 Å². The molecule has 0 saturated heterocycles. The lowest BCUT2D eigenvalue weighted by atomic mass is 10.6. The fourth-order valence-corrected chi connectivity index (χ4v) is 0.246. The summed E-state index contributed by atoms with van der Waals surface area (Å²) in [7, 11) is 0. The Labute approximate surface area is 57.3 Å². The minimum absolute atomic E-state index is 1.23. The van der Waals surface area contributed by atoms with Crippen molar-refractivity contribution in [1.29, 1.82) is 0 Å². The van der Waals surface area contributed by atoms with Crippen molar-refractivity contribution < 1.29 is 9.59 Å². The average Bonchev–Trinajstić information content (AvgIpc) is 1.97. The lowest BCUT2D eigenvalue weighted by Crippen LogP contribution is -1.50. The van der Waals surface area contributed by atoms with Crippen LogP contribution < -0.4 is 0 Å². The second-order valence-corrected chi connectivity index (χ2v) is 1.12. The lowest BCUT2D eigenvalue weighted by Gasteiger charge is -1.65. The molecule has 0 aliphatic rings. The van der Waals surface area contributed by atoms with Gasteiger partial charge in [0.2, 0.25) is 12.2 Å². The predicted molar refractivity (Wildman–Crippen MR) is 34.5 cm³/mol. The van der Waals surface area contributed by atoms with E-state index < -0.39 is 0 Å². The van der Waals surface area contributed by atoms with Crippen molar-refractivity contribution >= 4 is 12.2 Å². The van der Waals surface area contributed by atoms with Crippen molar-refractivity contribution in [3.05, 3.63) is 24.6 Å². The highest BCUT2D eigenvalue weighted by Crippen LogP contribution is 1.76. The second kappa shape index (κ2) is 7.24. The number of rotatable bonds is 3. The van der Waals surface area contributed by atoms with Crippen molar-refractivity contribution in [2.24, 2.45) is 9.98 Å². The Balaban J connectivity index is 3.71. The summed E-state index contributed by atoms with van der Waals surface area (Å²) in [6.07, 6.45) is 7.93. The molecule has 0 aromatic heterocycles. The van der Waals surface area contributed by atoms with Gasteiger partial charge < -0.3 is 0 Å². The normalized spacial score (nSPS) is 9.20. The molecule has 0 atom stereocenters. The van der Waals surface area contributed by atoms with Crippen molar-refractivity contribution in [2.75, 3.05) is 0 Å². The highest BCUT2D eigenvalue weighted by atomic mass is 16.1. The van der Waals surface area contributed by atoms with E-state index in [4.69, 9.17) is 0 Å². The quantitative estimate of drug-likeness (QED) is 0.325. The first-order valence-corrected chi connectivity index (χ1v) is 2.37. The molecule has 0 heterocycles. The minimum Gasteiger partial charge on any atom is -0.211 e. The van der Waals surface area contributed by atoms with E-state index >= 15 is 0 Å². The van der Waals surface area contributed by atoms with Crippen LogP contribution in [0, 0.1) is 0 Å². The molecular weight excluding hydrogens is 132 g/mol. The smallest absolute Gasteiger partial charge is 0.211 e. The fraction of sp³-hybridized carbons (Fsp3) is 0. The molecule has 0 aliphatic carbocycles. The third-order valence-corrected chi connectivity index (χ3v) is 0.538. The molecule has 50 valence electrons. The average molecular weight is 136 g/mol. The molecule has 0 aliphatic heterocycles. The van der Waals surface area contributed by atoms with Gasteiger partial charge >= 0.3 is 0 Å². The summed E-state index contributed by atoms with van der Waals surface area (Å²) < 4.78 is 0. The molecule has 0 aromatic rings. The summed E-state index contributed by atoms with van der Waals surface area (Å²) in [5.74, 6) is 0. The third kappa shape index (κ3) is 6.24. The van der Waals surface area contributed by atoms with E-state index in [1.54, 1.807) is 0 Å². The first-order chi connectivity index (χ1) is 4.91. The van der Waals surface area contributed by atoms with Gasteiger partial charge in [-0.25, -0.2) is 9.59 Å². The molecule has 4 nitrogen and oxygen atoms in total. The Morgan fingerprint density at radius 2 is 1.30 bits per heavy atom. The van der Waals surface area contributed by atoms with Crippen molar-refractivity contribution in [2.45, 2.75) is 0 Å². The highest BCUT2D eigenvalue weighted by Gasteiger charge is 1.60. The topological polar surface area (TPSA) is 58.9 Å². The van der Waals surface area contributed by atoms with Crippen molar-refractivity contribution in [3.8, 4) is 0 Å². The largest absolute Gasteiger partial charge is 0.239 e. The molecule has 0 N–H and O–H groups in total. The molecule has 0 rings (SSSR count). The Bertz CT molecular complexity index is 204. The standard InChI is InChI=1S/C6H4N2O2/c9-5-7-3-1-2-4-8-6-10/h1-4H. The number of allylic oxidation sites excluding steroid dienone is 2. The molecule has 0 saturated carbocycles.